The molecule has 0 bridgehead atoms. The maximum atomic E-state index is 12.3. The monoisotopic (exact) mass is 262 g/mol. The van der Waals surface area contributed by atoms with Gasteiger partial charge in [0.15, 0.2) is 0 Å². The molecule has 0 aromatic heterocycles. The molecule has 0 saturated carbocycles. The number of likely N-dealkylation sites (N-methyl/N-ethyl adjacent to an activating group) is 2. The molecule has 1 aromatic rings. The molecule has 104 valence electrons. The van der Waals surface area contributed by atoms with Crippen molar-refractivity contribution in [3.8, 4) is 0 Å². The number of nitrogens with one attached hydrogen (secondary N) is 3. The van der Waals surface area contributed by atoms with Crippen molar-refractivity contribution in [2.45, 2.75) is 25.0 Å². The molecule has 5 nitrogen and oxygen atoms in total. The highest BCUT2D eigenvalue weighted by Crippen LogP contribution is 2.28. The number of urea groups is 1. The van der Waals surface area contributed by atoms with E-state index < -0.39 is 0 Å². The van der Waals surface area contributed by atoms with E-state index >= 15 is 0 Å². The third-order valence-corrected chi connectivity index (χ3v) is 3.73. The number of carbonyl (C=O) groups excluding carboxylic acids is 1. The Hall–Kier alpha value is -1.59. The normalized spacial score (nSPS) is 22.6. The maximum absolute atomic E-state index is 12.3. The number of amides is 2. The molecule has 1 aliphatic rings. The van der Waals surface area contributed by atoms with E-state index in [4.69, 9.17) is 0 Å². The lowest BCUT2D eigenvalue weighted by molar-refractivity contribution is 0.241. The molecule has 0 aliphatic carbocycles. The predicted molar refractivity (Wildman–Crippen MR) is 77.4 cm³/mol. The zero-order chi connectivity index (χ0) is 13.8. The second-order valence-electron chi connectivity index (χ2n) is 4.72. The van der Waals surface area contributed by atoms with Gasteiger partial charge in [-0.3, -0.25) is 10.2 Å². The zero-order valence-electron chi connectivity index (χ0n) is 11.7. The van der Waals surface area contributed by atoms with Crippen LogP contribution in [0.2, 0.25) is 0 Å². The summed E-state index contributed by atoms with van der Waals surface area (Å²) in [5.41, 5.74) is 2.20. The fourth-order valence-corrected chi connectivity index (χ4v) is 2.74. The van der Waals surface area contributed by atoms with Crippen LogP contribution in [0.15, 0.2) is 24.3 Å². The number of hydrogen-bond donors (Lipinski definition) is 3. The molecule has 2 rings (SSSR count). The number of para-hydroxylation sites is 1. The Morgan fingerprint density at radius 1 is 1.21 bits per heavy atom. The molecule has 0 radical (unpaired) electrons. The van der Waals surface area contributed by atoms with Crippen LogP contribution in [-0.2, 0) is 6.42 Å². The standard InChI is InChI=1S/C14H22N4O/c1-15-11-9-8-10-6-4-5-7-12(10)18(13(11)16-2)14(19)17-3/h4-7,11,13,15-16H,8-9H2,1-3H3,(H,17,19). The van der Waals surface area contributed by atoms with Crippen molar-refractivity contribution in [1.82, 2.24) is 16.0 Å². The van der Waals surface area contributed by atoms with E-state index in [9.17, 15) is 4.79 Å². The number of benzene rings is 1. The Morgan fingerprint density at radius 2 is 1.95 bits per heavy atom. The number of nitrogens with zero attached hydrogens (tertiary/aromatic N) is 1. The van der Waals surface area contributed by atoms with Gasteiger partial charge in [-0.25, -0.2) is 4.79 Å². The molecule has 2 atom stereocenters. The van der Waals surface area contributed by atoms with Crippen LogP contribution >= 0.6 is 0 Å². The first-order valence-electron chi connectivity index (χ1n) is 6.66. The van der Waals surface area contributed by atoms with Gasteiger partial charge >= 0.3 is 6.03 Å². The van der Waals surface area contributed by atoms with Gasteiger partial charge < -0.3 is 10.6 Å². The quantitative estimate of drug-likeness (QED) is 0.742. The minimum Gasteiger partial charge on any atom is -0.341 e. The summed E-state index contributed by atoms with van der Waals surface area (Å²) < 4.78 is 0. The third kappa shape index (κ3) is 2.57. The Labute approximate surface area is 114 Å². The van der Waals surface area contributed by atoms with Gasteiger partial charge in [-0.15, -0.1) is 0 Å². The van der Waals surface area contributed by atoms with Gasteiger partial charge in [0.25, 0.3) is 0 Å². The van der Waals surface area contributed by atoms with E-state index in [1.807, 2.05) is 37.2 Å². The summed E-state index contributed by atoms with van der Waals surface area (Å²) in [5, 5.41) is 9.29. The molecule has 2 amide bonds. The van der Waals surface area contributed by atoms with Crippen LogP contribution in [0.1, 0.15) is 12.0 Å². The number of anilines is 1. The molecular formula is C14H22N4O. The van der Waals surface area contributed by atoms with Gasteiger partial charge in [0, 0.05) is 13.1 Å². The Morgan fingerprint density at radius 3 is 2.58 bits per heavy atom. The van der Waals surface area contributed by atoms with Gasteiger partial charge in [-0.2, -0.15) is 0 Å². The van der Waals surface area contributed by atoms with Crippen LogP contribution in [0.4, 0.5) is 10.5 Å². The number of fused-ring (bicyclic) bond motifs is 1. The van der Waals surface area contributed by atoms with Crippen molar-refractivity contribution < 1.29 is 4.79 Å². The lowest BCUT2D eigenvalue weighted by Crippen LogP contribution is -2.59. The molecule has 3 N–H and O–H groups in total. The molecule has 2 unspecified atom stereocenters. The van der Waals surface area contributed by atoms with Crippen molar-refractivity contribution in [3.05, 3.63) is 29.8 Å². The van der Waals surface area contributed by atoms with Gasteiger partial charge in [0.2, 0.25) is 0 Å². The zero-order valence-corrected chi connectivity index (χ0v) is 11.7. The summed E-state index contributed by atoms with van der Waals surface area (Å²) in [4.78, 5) is 14.1. The average molecular weight is 262 g/mol. The van der Waals surface area contributed by atoms with Crippen LogP contribution in [0.3, 0.4) is 0 Å². The van der Waals surface area contributed by atoms with Gasteiger partial charge in [-0.05, 0) is 38.6 Å². The number of hydrogen-bond acceptors (Lipinski definition) is 3. The van der Waals surface area contributed by atoms with Crippen LogP contribution in [-0.4, -0.2) is 39.4 Å². The van der Waals surface area contributed by atoms with Crippen molar-refractivity contribution in [2.75, 3.05) is 26.0 Å². The largest absolute Gasteiger partial charge is 0.341 e. The fourth-order valence-electron chi connectivity index (χ4n) is 2.74. The van der Waals surface area contributed by atoms with Crippen molar-refractivity contribution in [3.63, 3.8) is 0 Å². The third-order valence-electron chi connectivity index (χ3n) is 3.73. The lowest BCUT2D eigenvalue weighted by Gasteiger charge is -2.34. The smallest absolute Gasteiger partial charge is 0.323 e. The van der Waals surface area contributed by atoms with E-state index in [0.29, 0.717) is 0 Å². The van der Waals surface area contributed by atoms with Gasteiger partial charge in [0.1, 0.15) is 6.17 Å². The van der Waals surface area contributed by atoms with Gasteiger partial charge in [-0.1, -0.05) is 18.2 Å². The van der Waals surface area contributed by atoms with Crippen molar-refractivity contribution in [1.29, 1.82) is 0 Å². The summed E-state index contributed by atoms with van der Waals surface area (Å²) in [6.45, 7) is 0. The maximum Gasteiger partial charge on any atom is 0.323 e. The second-order valence-corrected chi connectivity index (χ2v) is 4.72. The molecule has 1 aromatic carbocycles. The highest BCUT2D eigenvalue weighted by Gasteiger charge is 2.33. The predicted octanol–water partition coefficient (Wildman–Crippen LogP) is 0.912. The van der Waals surface area contributed by atoms with Crippen LogP contribution in [0.25, 0.3) is 0 Å². The summed E-state index contributed by atoms with van der Waals surface area (Å²) >= 11 is 0. The molecule has 19 heavy (non-hydrogen) atoms. The van der Waals surface area contributed by atoms with E-state index in [0.717, 1.165) is 18.5 Å². The van der Waals surface area contributed by atoms with Gasteiger partial charge in [0.05, 0.1) is 5.69 Å². The molecule has 5 heteroatoms. The summed E-state index contributed by atoms with van der Waals surface area (Å²) in [6.07, 6.45) is 1.90. The van der Waals surface area contributed by atoms with Crippen LogP contribution in [0, 0.1) is 0 Å². The highest BCUT2D eigenvalue weighted by atomic mass is 16.2. The molecule has 0 spiro atoms. The lowest BCUT2D eigenvalue weighted by atomic mass is 10.1. The number of aryl methyl sites for hydroxylation is 1. The minimum atomic E-state index is -0.0889. The fraction of sp³-hybridized carbons (Fsp3) is 0.500. The second kappa shape index (κ2) is 6.04. The van der Waals surface area contributed by atoms with Crippen LogP contribution < -0.4 is 20.9 Å². The van der Waals surface area contributed by atoms with Crippen molar-refractivity contribution >= 4 is 11.7 Å². The summed E-state index contributed by atoms with van der Waals surface area (Å²) in [7, 11) is 5.49. The minimum absolute atomic E-state index is 0.0615. The highest BCUT2D eigenvalue weighted by molar-refractivity contribution is 5.93. The molecule has 0 fully saturated rings. The average Bonchev–Trinajstić information content (AvgIpc) is 2.62. The molecule has 1 aliphatic heterocycles. The Kier molecular flexibility index (Phi) is 4.39. The van der Waals surface area contributed by atoms with E-state index in [2.05, 4.69) is 22.0 Å². The van der Waals surface area contributed by atoms with E-state index in [-0.39, 0.29) is 18.2 Å². The topological polar surface area (TPSA) is 56.4 Å². The first-order chi connectivity index (χ1) is 9.22. The first kappa shape index (κ1) is 13.8. The first-order valence-corrected chi connectivity index (χ1v) is 6.66. The van der Waals surface area contributed by atoms with E-state index in [1.165, 1.54) is 5.56 Å². The van der Waals surface area contributed by atoms with E-state index in [1.54, 1.807) is 7.05 Å². The van der Waals surface area contributed by atoms with Crippen molar-refractivity contribution in [2.24, 2.45) is 0 Å². The number of carbonyl (C=O) groups is 1. The number of rotatable bonds is 2. The molecule has 0 saturated heterocycles. The molecule has 1 heterocycles. The summed E-state index contributed by atoms with van der Waals surface area (Å²) in [5.74, 6) is 0. The summed E-state index contributed by atoms with van der Waals surface area (Å²) in [6, 6.07) is 8.22. The Balaban J connectivity index is 2.48. The van der Waals surface area contributed by atoms with Crippen LogP contribution in [0.5, 0.6) is 0 Å². The Bertz CT molecular complexity index is 449. The molecular weight excluding hydrogens is 240 g/mol. The SMILES string of the molecule is CNC(=O)N1c2ccccc2CCC(NC)C1NC.